The summed E-state index contributed by atoms with van der Waals surface area (Å²) in [5, 5.41) is 0. The number of anilines is 1. The summed E-state index contributed by atoms with van der Waals surface area (Å²) in [6, 6.07) is 0.644. The van der Waals surface area contributed by atoms with E-state index in [1.54, 1.807) is 6.20 Å². The lowest BCUT2D eigenvalue weighted by Crippen LogP contribution is -2.49. The monoisotopic (exact) mass is 220 g/mol. The maximum atomic E-state index is 4.51. The van der Waals surface area contributed by atoms with E-state index >= 15 is 0 Å². The highest BCUT2D eigenvalue weighted by atomic mass is 15.3. The van der Waals surface area contributed by atoms with Crippen molar-refractivity contribution in [3.63, 3.8) is 0 Å². The highest BCUT2D eigenvalue weighted by molar-refractivity contribution is 5.36. The lowest BCUT2D eigenvalue weighted by Gasteiger charge is -2.37. The molecule has 1 aromatic rings. The zero-order chi connectivity index (χ0) is 11.5. The molecular formula is C12H20N4. The Balaban J connectivity index is 1.99. The van der Waals surface area contributed by atoms with Gasteiger partial charge in [-0.25, -0.2) is 4.98 Å². The third-order valence-electron chi connectivity index (χ3n) is 3.11. The van der Waals surface area contributed by atoms with Gasteiger partial charge >= 0.3 is 0 Å². The van der Waals surface area contributed by atoms with Crippen molar-refractivity contribution in [1.82, 2.24) is 14.9 Å². The van der Waals surface area contributed by atoms with E-state index in [1.165, 1.54) is 0 Å². The molecule has 0 atom stereocenters. The summed E-state index contributed by atoms with van der Waals surface area (Å²) < 4.78 is 0. The molecule has 1 aromatic heterocycles. The number of piperazine rings is 1. The highest BCUT2D eigenvalue weighted by Crippen LogP contribution is 2.13. The maximum Gasteiger partial charge on any atom is 0.147 e. The molecule has 0 aliphatic carbocycles. The fourth-order valence-electron chi connectivity index (χ4n) is 2.07. The van der Waals surface area contributed by atoms with Crippen LogP contribution in [0.15, 0.2) is 12.4 Å². The van der Waals surface area contributed by atoms with Gasteiger partial charge < -0.3 is 4.90 Å². The van der Waals surface area contributed by atoms with Crippen LogP contribution in [0.3, 0.4) is 0 Å². The Bertz CT molecular complexity index is 343. The summed E-state index contributed by atoms with van der Waals surface area (Å²) in [6.07, 6.45) is 3.66. The third kappa shape index (κ3) is 2.50. The smallest absolute Gasteiger partial charge is 0.147 e. The van der Waals surface area contributed by atoms with Gasteiger partial charge in [-0.15, -0.1) is 0 Å². The Hall–Kier alpha value is -1.16. The second-order valence-corrected chi connectivity index (χ2v) is 4.64. The molecule has 88 valence electrons. The van der Waals surface area contributed by atoms with Gasteiger partial charge in [0.05, 0.1) is 11.9 Å². The average molecular weight is 220 g/mol. The Morgan fingerprint density at radius 1 is 1.12 bits per heavy atom. The number of hydrogen-bond acceptors (Lipinski definition) is 4. The molecule has 0 saturated carbocycles. The van der Waals surface area contributed by atoms with Crippen molar-refractivity contribution in [3.05, 3.63) is 18.1 Å². The van der Waals surface area contributed by atoms with Crippen molar-refractivity contribution in [2.45, 2.75) is 26.8 Å². The molecule has 2 rings (SSSR count). The van der Waals surface area contributed by atoms with Crippen molar-refractivity contribution in [1.29, 1.82) is 0 Å². The van der Waals surface area contributed by atoms with Crippen LogP contribution in [0.1, 0.15) is 19.5 Å². The zero-order valence-electron chi connectivity index (χ0n) is 10.3. The molecule has 16 heavy (non-hydrogen) atoms. The summed E-state index contributed by atoms with van der Waals surface area (Å²) in [6.45, 7) is 10.8. The number of hydrogen-bond donors (Lipinski definition) is 0. The van der Waals surface area contributed by atoms with E-state index in [2.05, 4.69) is 33.6 Å². The summed E-state index contributed by atoms with van der Waals surface area (Å²) in [4.78, 5) is 13.5. The van der Waals surface area contributed by atoms with E-state index in [0.29, 0.717) is 6.04 Å². The Morgan fingerprint density at radius 3 is 2.38 bits per heavy atom. The molecule has 1 fully saturated rings. The van der Waals surface area contributed by atoms with Crippen LogP contribution >= 0.6 is 0 Å². The molecule has 0 bridgehead atoms. The average Bonchev–Trinajstić information content (AvgIpc) is 2.29. The van der Waals surface area contributed by atoms with E-state index in [1.807, 2.05) is 13.1 Å². The molecule has 2 heterocycles. The van der Waals surface area contributed by atoms with E-state index in [-0.39, 0.29) is 0 Å². The van der Waals surface area contributed by atoms with Crippen LogP contribution in [-0.2, 0) is 0 Å². The van der Waals surface area contributed by atoms with Gasteiger partial charge in [-0.3, -0.25) is 9.88 Å². The molecule has 0 aromatic carbocycles. The molecule has 1 saturated heterocycles. The van der Waals surface area contributed by atoms with Crippen molar-refractivity contribution >= 4 is 5.82 Å². The third-order valence-corrected chi connectivity index (χ3v) is 3.11. The van der Waals surface area contributed by atoms with Gasteiger partial charge in [0.15, 0.2) is 0 Å². The molecule has 1 aliphatic rings. The van der Waals surface area contributed by atoms with E-state index in [9.17, 15) is 0 Å². The van der Waals surface area contributed by atoms with Gasteiger partial charge in [-0.05, 0) is 20.8 Å². The minimum atomic E-state index is 0.644. The van der Waals surface area contributed by atoms with Crippen molar-refractivity contribution in [2.75, 3.05) is 31.1 Å². The van der Waals surface area contributed by atoms with Gasteiger partial charge in [0.25, 0.3) is 0 Å². The molecule has 0 spiro atoms. The predicted molar refractivity (Wildman–Crippen MR) is 65.7 cm³/mol. The molecule has 0 N–H and O–H groups in total. The number of nitrogens with zero attached hydrogens (tertiary/aromatic N) is 4. The molecule has 4 nitrogen and oxygen atoms in total. The summed E-state index contributed by atoms with van der Waals surface area (Å²) in [5.74, 6) is 1.02. The molecule has 0 radical (unpaired) electrons. The fraction of sp³-hybridized carbons (Fsp3) is 0.667. The zero-order valence-corrected chi connectivity index (χ0v) is 10.3. The van der Waals surface area contributed by atoms with Crippen LogP contribution in [0, 0.1) is 6.92 Å². The molecule has 4 heteroatoms. The van der Waals surface area contributed by atoms with Crippen molar-refractivity contribution in [2.24, 2.45) is 0 Å². The summed E-state index contributed by atoms with van der Waals surface area (Å²) >= 11 is 0. The minimum Gasteiger partial charge on any atom is -0.353 e. The van der Waals surface area contributed by atoms with Crippen molar-refractivity contribution in [3.8, 4) is 0 Å². The minimum absolute atomic E-state index is 0.644. The first kappa shape index (κ1) is 11.3. The lowest BCUT2D eigenvalue weighted by atomic mass is 10.2. The highest BCUT2D eigenvalue weighted by Gasteiger charge is 2.19. The SMILES string of the molecule is Cc1cncc(N2CCN(C(C)C)CC2)n1. The van der Waals surface area contributed by atoms with Crippen LogP contribution in [0.25, 0.3) is 0 Å². The van der Waals surface area contributed by atoms with Crippen LogP contribution in [0.2, 0.25) is 0 Å². The molecule has 0 amide bonds. The van der Waals surface area contributed by atoms with E-state index in [4.69, 9.17) is 0 Å². The van der Waals surface area contributed by atoms with Crippen LogP contribution in [0.5, 0.6) is 0 Å². The Morgan fingerprint density at radius 2 is 1.81 bits per heavy atom. The predicted octanol–water partition coefficient (Wildman–Crippen LogP) is 1.32. The quantitative estimate of drug-likeness (QED) is 0.752. The second kappa shape index (κ2) is 4.78. The van der Waals surface area contributed by atoms with Gasteiger partial charge in [-0.2, -0.15) is 0 Å². The van der Waals surface area contributed by atoms with Gasteiger partial charge in [-0.1, -0.05) is 0 Å². The molecule has 0 unspecified atom stereocenters. The topological polar surface area (TPSA) is 32.3 Å². The standard InChI is InChI=1S/C12H20N4/c1-10(2)15-4-6-16(7-5-15)12-9-13-8-11(3)14-12/h8-10H,4-7H2,1-3H3. The second-order valence-electron chi connectivity index (χ2n) is 4.64. The Labute approximate surface area is 97.3 Å². The van der Waals surface area contributed by atoms with Gasteiger partial charge in [0.1, 0.15) is 5.82 Å². The fourth-order valence-corrected chi connectivity index (χ4v) is 2.07. The first-order valence-electron chi connectivity index (χ1n) is 5.94. The van der Waals surface area contributed by atoms with Crippen molar-refractivity contribution < 1.29 is 0 Å². The lowest BCUT2D eigenvalue weighted by molar-refractivity contribution is 0.209. The molecule has 1 aliphatic heterocycles. The summed E-state index contributed by atoms with van der Waals surface area (Å²) in [5.41, 5.74) is 0.990. The number of aromatic nitrogens is 2. The number of aryl methyl sites for hydroxylation is 1. The number of rotatable bonds is 2. The van der Waals surface area contributed by atoms with E-state index < -0.39 is 0 Å². The summed E-state index contributed by atoms with van der Waals surface area (Å²) in [7, 11) is 0. The van der Waals surface area contributed by atoms with Gasteiger partial charge in [0.2, 0.25) is 0 Å². The Kier molecular flexibility index (Phi) is 3.39. The first-order valence-corrected chi connectivity index (χ1v) is 5.94. The normalized spacial score (nSPS) is 18.1. The molecular weight excluding hydrogens is 200 g/mol. The van der Waals surface area contributed by atoms with E-state index in [0.717, 1.165) is 37.7 Å². The maximum absolute atomic E-state index is 4.51. The van der Waals surface area contributed by atoms with Crippen LogP contribution in [0.4, 0.5) is 5.82 Å². The van der Waals surface area contributed by atoms with Crippen LogP contribution in [-0.4, -0.2) is 47.1 Å². The largest absolute Gasteiger partial charge is 0.353 e. The van der Waals surface area contributed by atoms with Gasteiger partial charge in [0, 0.05) is 38.4 Å². The van der Waals surface area contributed by atoms with Crippen LogP contribution < -0.4 is 4.90 Å². The first-order chi connectivity index (χ1) is 7.66.